The third kappa shape index (κ3) is 3.69. The molecule has 0 saturated heterocycles. The molecule has 0 fully saturated rings. The molecule has 0 radical (unpaired) electrons. The summed E-state index contributed by atoms with van der Waals surface area (Å²) in [6.45, 7) is 9.64. The molecule has 5 heteroatoms. The van der Waals surface area contributed by atoms with Crippen LogP contribution >= 0.6 is 0 Å². The van der Waals surface area contributed by atoms with Crippen LogP contribution < -0.4 is 4.72 Å². The lowest BCUT2D eigenvalue weighted by Gasteiger charge is -2.17. The van der Waals surface area contributed by atoms with Crippen molar-refractivity contribution in [1.29, 1.82) is 0 Å². The SMILES string of the molecule is Cc1cc(C)c(S(=O)(=O)NC(C)Cc2c[nH]c3cc(C)ccc23)c(C)c1. The molecule has 138 valence electrons. The highest BCUT2D eigenvalue weighted by molar-refractivity contribution is 7.89. The van der Waals surface area contributed by atoms with Gasteiger partial charge >= 0.3 is 0 Å². The molecule has 1 unspecified atom stereocenters. The fourth-order valence-electron chi connectivity index (χ4n) is 3.76. The Morgan fingerprint density at radius 2 is 1.65 bits per heavy atom. The molecule has 0 aliphatic heterocycles. The van der Waals surface area contributed by atoms with Gasteiger partial charge < -0.3 is 4.98 Å². The van der Waals surface area contributed by atoms with E-state index in [4.69, 9.17) is 0 Å². The molecule has 3 rings (SSSR count). The number of hydrogen-bond donors (Lipinski definition) is 2. The first-order chi connectivity index (χ1) is 12.2. The van der Waals surface area contributed by atoms with Gasteiger partial charge in [0.15, 0.2) is 0 Å². The van der Waals surface area contributed by atoms with Gasteiger partial charge in [-0.2, -0.15) is 0 Å². The van der Waals surface area contributed by atoms with E-state index >= 15 is 0 Å². The van der Waals surface area contributed by atoms with Crippen molar-refractivity contribution in [2.45, 2.75) is 52.0 Å². The molecule has 1 atom stereocenters. The fraction of sp³-hybridized carbons (Fsp3) is 0.333. The largest absolute Gasteiger partial charge is 0.361 e. The standard InChI is InChI=1S/C21H26N2O2S/c1-13-6-7-19-18(12-22-20(19)10-13)11-17(5)23-26(24,25)21-15(3)8-14(2)9-16(21)4/h6-10,12,17,22-23H,11H2,1-5H3. The lowest BCUT2D eigenvalue weighted by molar-refractivity contribution is 0.559. The Hall–Kier alpha value is -2.11. The molecule has 4 nitrogen and oxygen atoms in total. The van der Waals surface area contributed by atoms with Crippen LogP contribution in [0.25, 0.3) is 10.9 Å². The van der Waals surface area contributed by atoms with Gasteiger partial charge in [-0.05, 0) is 69.4 Å². The minimum absolute atomic E-state index is 0.208. The number of nitrogens with one attached hydrogen (secondary N) is 2. The normalized spacial score (nSPS) is 13.3. The first kappa shape index (κ1) is 18.7. The number of aryl methyl sites for hydroxylation is 4. The van der Waals surface area contributed by atoms with Crippen molar-refractivity contribution in [2.24, 2.45) is 0 Å². The van der Waals surface area contributed by atoms with E-state index in [1.165, 1.54) is 5.56 Å². The van der Waals surface area contributed by atoms with Crippen molar-refractivity contribution in [3.63, 3.8) is 0 Å². The summed E-state index contributed by atoms with van der Waals surface area (Å²) < 4.78 is 28.7. The molecule has 0 amide bonds. The van der Waals surface area contributed by atoms with Crippen LogP contribution in [-0.4, -0.2) is 19.4 Å². The second-order valence-electron chi connectivity index (χ2n) is 7.32. The smallest absolute Gasteiger partial charge is 0.241 e. The van der Waals surface area contributed by atoms with Crippen LogP contribution in [0.2, 0.25) is 0 Å². The van der Waals surface area contributed by atoms with Gasteiger partial charge in [-0.25, -0.2) is 13.1 Å². The number of hydrogen-bond acceptors (Lipinski definition) is 2. The molecule has 1 heterocycles. The Balaban J connectivity index is 1.84. The zero-order valence-corrected chi connectivity index (χ0v) is 16.8. The summed E-state index contributed by atoms with van der Waals surface area (Å²) in [5, 5.41) is 1.14. The summed E-state index contributed by atoms with van der Waals surface area (Å²) in [6, 6.07) is 9.88. The van der Waals surface area contributed by atoms with Crippen LogP contribution in [0.3, 0.4) is 0 Å². The molecule has 0 aliphatic carbocycles. The quantitative estimate of drug-likeness (QED) is 0.703. The average molecular weight is 371 g/mol. The molecular weight excluding hydrogens is 344 g/mol. The summed E-state index contributed by atoms with van der Waals surface area (Å²) in [4.78, 5) is 3.67. The Kier molecular flexibility index (Phi) is 4.95. The molecule has 0 bridgehead atoms. The van der Waals surface area contributed by atoms with E-state index in [9.17, 15) is 8.42 Å². The van der Waals surface area contributed by atoms with E-state index in [1.807, 2.05) is 46.0 Å². The predicted octanol–water partition coefficient (Wildman–Crippen LogP) is 4.31. The van der Waals surface area contributed by atoms with Crippen molar-refractivity contribution in [2.75, 3.05) is 0 Å². The number of H-pyrrole nitrogens is 1. The fourth-order valence-corrected chi connectivity index (χ4v) is 5.45. The highest BCUT2D eigenvalue weighted by Crippen LogP contribution is 2.24. The van der Waals surface area contributed by atoms with Gasteiger partial charge in [-0.15, -0.1) is 0 Å². The molecule has 1 aromatic heterocycles. The van der Waals surface area contributed by atoms with Crippen LogP contribution in [0.15, 0.2) is 41.4 Å². The minimum atomic E-state index is -3.56. The maximum absolute atomic E-state index is 12.9. The zero-order chi connectivity index (χ0) is 19.1. The van der Waals surface area contributed by atoms with E-state index in [1.54, 1.807) is 0 Å². The van der Waals surface area contributed by atoms with Crippen LogP contribution in [0.5, 0.6) is 0 Å². The van der Waals surface area contributed by atoms with Crippen molar-refractivity contribution in [3.8, 4) is 0 Å². The molecule has 2 N–H and O–H groups in total. The van der Waals surface area contributed by atoms with E-state index in [0.29, 0.717) is 11.3 Å². The molecule has 0 spiro atoms. The number of rotatable bonds is 5. The van der Waals surface area contributed by atoms with E-state index in [0.717, 1.165) is 33.2 Å². The molecule has 3 aromatic rings. The number of aromatic amines is 1. The summed E-state index contributed by atoms with van der Waals surface area (Å²) in [6.07, 6.45) is 2.60. The monoisotopic (exact) mass is 370 g/mol. The first-order valence-electron chi connectivity index (χ1n) is 8.84. The third-order valence-corrected chi connectivity index (χ3v) is 6.57. The Labute approximate surface area is 155 Å². The Morgan fingerprint density at radius 1 is 1.00 bits per heavy atom. The highest BCUT2D eigenvalue weighted by Gasteiger charge is 2.22. The molecular formula is C21H26N2O2S. The Morgan fingerprint density at radius 3 is 2.31 bits per heavy atom. The molecule has 0 aliphatic rings. The van der Waals surface area contributed by atoms with Crippen molar-refractivity contribution in [3.05, 3.63) is 64.3 Å². The minimum Gasteiger partial charge on any atom is -0.361 e. The predicted molar refractivity (Wildman–Crippen MR) is 107 cm³/mol. The Bertz CT molecular complexity index is 1040. The van der Waals surface area contributed by atoms with Crippen molar-refractivity contribution < 1.29 is 8.42 Å². The van der Waals surface area contributed by atoms with Crippen LogP contribution in [0.1, 0.15) is 34.7 Å². The van der Waals surface area contributed by atoms with Gasteiger partial charge in [-0.3, -0.25) is 0 Å². The van der Waals surface area contributed by atoms with E-state index in [-0.39, 0.29) is 6.04 Å². The summed E-state index contributed by atoms with van der Waals surface area (Å²) >= 11 is 0. The maximum atomic E-state index is 12.9. The van der Waals surface area contributed by atoms with Crippen molar-refractivity contribution in [1.82, 2.24) is 9.71 Å². The highest BCUT2D eigenvalue weighted by atomic mass is 32.2. The van der Waals surface area contributed by atoms with Crippen molar-refractivity contribution >= 4 is 20.9 Å². The molecule has 26 heavy (non-hydrogen) atoms. The summed E-state index contributed by atoms with van der Waals surface area (Å²) in [5.41, 5.74) is 6.04. The summed E-state index contributed by atoms with van der Waals surface area (Å²) in [7, 11) is -3.56. The van der Waals surface area contributed by atoms with Gasteiger partial charge in [0.1, 0.15) is 0 Å². The lowest BCUT2D eigenvalue weighted by atomic mass is 10.1. The summed E-state index contributed by atoms with van der Waals surface area (Å²) in [5.74, 6) is 0. The van der Waals surface area contributed by atoms with Crippen LogP contribution in [-0.2, 0) is 16.4 Å². The first-order valence-corrected chi connectivity index (χ1v) is 10.3. The number of aromatic nitrogens is 1. The van der Waals surface area contributed by atoms with Gasteiger partial charge in [-0.1, -0.05) is 29.8 Å². The zero-order valence-electron chi connectivity index (χ0n) is 16.0. The third-order valence-electron chi connectivity index (χ3n) is 4.68. The number of benzene rings is 2. The topological polar surface area (TPSA) is 62.0 Å². The lowest BCUT2D eigenvalue weighted by Crippen LogP contribution is -2.34. The van der Waals surface area contributed by atoms with Crippen LogP contribution in [0, 0.1) is 27.7 Å². The van der Waals surface area contributed by atoms with E-state index in [2.05, 4.69) is 34.8 Å². The second kappa shape index (κ2) is 6.89. The van der Waals surface area contributed by atoms with Crippen LogP contribution in [0.4, 0.5) is 0 Å². The molecule has 0 saturated carbocycles. The van der Waals surface area contributed by atoms with Gasteiger partial charge in [0, 0.05) is 23.1 Å². The van der Waals surface area contributed by atoms with E-state index < -0.39 is 10.0 Å². The average Bonchev–Trinajstić information content (AvgIpc) is 2.86. The second-order valence-corrected chi connectivity index (χ2v) is 8.97. The maximum Gasteiger partial charge on any atom is 0.241 e. The number of sulfonamides is 1. The van der Waals surface area contributed by atoms with Gasteiger partial charge in [0.05, 0.1) is 4.90 Å². The number of fused-ring (bicyclic) bond motifs is 1. The van der Waals surface area contributed by atoms with Gasteiger partial charge in [0.25, 0.3) is 0 Å². The van der Waals surface area contributed by atoms with Gasteiger partial charge in [0.2, 0.25) is 10.0 Å². The molecule has 2 aromatic carbocycles.